The zero-order valence-corrected chi connectivity index (χ0v) is 11.0. The summed E-state index contributed by atoms with van der Waals surface area (Å²) in [5.41, 5.74) is 6.38. The summed E-state index contributed by atoms with van der Waals surface area (Å²) >= 11 is 0. The normalized spacial score (nSPS) is 46.6. The molecule has 4 rings (SSSR count). The molecule has 17 heavy (non-hydrogen) atoms. The van der Waals surface area contributed by atoms with Crippen LogP contribution in [0.1, 0.15) is 44.9 Å². The van der Waals surface area contributed by atoms with Crippen molar-refractivity contribution < 1.29 is 9.90 Å². The lowest BCUT2D eigenvalue weighted by Crippen LogP contribution is -2.55. The van der Waals surface area contributed by atoms with Crippen LogP contribution in [0.5, 0.6) is 0 Å². The van der Waals surface area contributed by atoms with Crippen LogP contribution in [0.2, 0.25) is 0 Å². The van der Waals surface area contributed by atoms with Crippen molar-refractivity contribution in [3.05, 3.63) is 0 Å². The van der Waals surface area contributed by atoms with Crippen molar-refractivity contribution in [2.75, 3.05) is 6.54 Å². The van der Waals surface area contributed by atoms with Crippen molar-refractivity contribution in [1.29, 1.82) is 0 Å². The molecule has 4 saturated carbocycles. The van der Waals surface area contributed by atoms with E-state index in [1.165, 1.54) is 19.3 Å². The summed E-state index contributed by atoms with van der Waals surface area (Å²) < 4.78 is 0. The lowest BCUT2D eigenvalue weighted by Gasteiger charge is -2.62. The molecule has 4 heteroatoms. The third-order valence-corrected chi connectivity index (χ3v) is 5.26. The second-order valence-corrected chi connectivity index (χ2v) is 6.74. The summed E-state index contributed by atoms with van der Waals surface area (Å²) in [5, 5.41) is 9.10. The van der Waals surface area contributed by atoms with Crippen LogP contribution in [-0.2, 0) is 4.79 Å². The maximum Gasteiger partial charge on any atom is 0.303 e. The van der Waals surface area contributed by atoms with E-state index in [-0.39, 0.29) is 17.8 Å². The molecule has 3 N–H and O–H groups in total. The minimum Gasteiger partial charge on any atom is -0.481 e. The Kier molecular flexibility index (Phi) is 3.20. The quantitative estimate of drug-likeness (QED) is 0.818. The fourth-order valence-electron chi connectivity index (χ4n) is 5.42. The molecule has 0 aliphatic heterocycles. The summed E-state index contributed by atoms with van der Waals surface area (Å²) in [5.74, 6) is 0.919. The highest BCUT2D eigenvalue weighted by Gasteiger charge is 2.57. The molecule has 0 aromatic rings. The van der Waals surface area contributed by atoms with Gasteiger partial charge in [0.05, 0.1) is 6.42 Å². The third-order valence-electron chi connectivity index (χ3n) is 5.26. The average molecular weight is 260 g/mol. The molecular weight excluding hydrogens is 238 g/mol. The van der Waals surface area contributed by atoms with E-state index in [4.69, 9.17) is 10.8 Å². The molecule has 0 saturated heterocycles. The van der Waals surface area contributed by atoms with E-state index < -0.39 is 5.97 Å². The predicted molar refractivity (Wildman–Crippen MR) is 68.1 cm³/mol. The first-order valence-electron chi connectivity index (χ1n) is 6.47. The molecule has 4 aliphatic carbocycles. The molecule has 98 valence electrons. The van der Waals surface area contributed by atoms with Gasteiger partial charge in [0.1, 0.15) is 0 Å². The van der Waals surface area contributed by atoms with Gasteiger partial charge in [0.25, 0.3) is 0 Å². The Morgan fingerprint density at radius 3 is 2.18 bits per heavy atom. The smallest absolute Gasteiger partial charge is 0.303 e. The van der Waals surface area contributed by atoms with Gasteiger partial charge in [-0.25, -0.2) is 0 Å². The number of hydrogen-bond acceptors (Lipinski definition) is 2. The first kappa shape index (κ1) is 13.2. The molecule has 4 bridgehead atoms. The topological polar surface area (TPSA) is 63.3 Å². The van der Waals surface area contributed by atoms with Crippen LogP contribution in [0.3, 0.4) is 0 Å². The zero-order valence-electron chi connectivity index (χ0n) is 10.2. The Hall–Kier alpha value is -0.280. The van der Waals surface area contributed by atoms with Crippen LogP contribution in [0.25, 0.3) is 0 Å². The molecule has 2 unspecified atom stereocenters. The minimum absolute atomic E-state index is 0. The van der Waals surface area contributed by atoms with Gasteiger partial charge < -0.3 is 10.8 Å². The molecule has 2 atom stereocenters. The lowest BCUT2D eigenvalue weighted by molar-refractivity contribution is -0.151. The number of aliphatic carboxylic acids is 1. The van der Waals surface area contributed by atoms with Crippen molar-refractivity contribution in [3.8, 4) is 0 Å². The Morgan fingerprint density at radius 2 is 1.71 bits per heavy atom. The molecule has 0 amide bonds. The van der Waals surface area contributed by atoms with E-state index in [9.17, 15) is 4.79 Å². The van der Waals surface area contributed by atoms with Crippen LogP contribution in [0, 0.1) is 22.7 Å². The lowest BCUT2D eigenvalue weighted by atomic mass is 9.43. The fraction of sp³-hybridized carbons (Fsp3) is 0.923. The number of carboxylic acid groups (broad SMARTS) is 1. The molecule has 0 aromatic heterocycles. The summed E-state index contributed by atoms with van der Waals surface area (Å²) in [7, 11) is 0. The molecule has 4 fully saturated rings. The summed E-state index contributed by atoms with van der Waals surface area (Å²) in [6.45, 7) is 0.765. The van der Waals surface area contributed by atoms with Crippen LogP contribution < -0.4 is 5.73 Å². The van der Waals surface area contributed by atoms with E-state index in [1.54, 1.807) is 0 Å². The van der Waals surface area contributed by atoms with Crippen LogP contribution >= 0.6 is 12.4 Å². The zero-order chi connectivity index (χ0) is 11.4. The highest BCUT2D eigenvalue weighted by atomic mass is 35.5. The van der Waals surface area contributed by atoms with E-state index in [0.717, 1.165) is 37.6 Å². The summed E-state index contributed by atoms with van der Waals surface area (Å²) in [6.07, 6.45) is 7.62. The standard InChI is InChI=1S/C13H21NO2.ClH/c14-8-13-4-9-1-10(5-13)3-12(2-9,7-13)6-11(15)16;/h9-10H,1-8,14H2,(H,15,16);1H. The van der Waals surface area contributed by atoms with Crippen molar-refractivity contribution in [2.45, 2.75) is 44.9 Å². The Balaban J connectivity index is 0.00000108. The summed E-state index contributed by atoms with van der Waals surface area (Å²) in [4.78, 5) is 11.0. The van der Waals surface area contributed by atoms with Gasteiger partial charge >= 0.3 is 5.97 Å². The van der Waals surface area contributed by atoms with Gasteiger partial charge in [0.2, 0.25) is 0 Å². The first-order valence-corrected chi connectivity index (χ1v) is 6.47. The van der Waals surface area contributed by atoms with Gasteiger partial charge in [-0.05, 0) is 67.7 Å². The SMILES string of the molecule is Cl.NCC12CC3CC(C1)CC(CC(=O)O)(C3)C2. The molecular formula is C13H22ClNO2. The molecule has 0 radical (unpaired) electrons. The van der Waals surface area contributed by atoms with Gasteiger partial charge in [-0.15, -0.1) is 12.4 Å². The monoisotopic (exact) mass is 259 g/mol. The first-order chi connectivity index (χ1) is 7.55. The van der Waals surface area contributed by atoms with Crippen molar-refractivity contribution in [2.24, 2.45) is 28.4 Å². The summed E-state index contributed by atoms with van der Waals surface area (Å²) in [6, 6.07) is 0. The second-order valence-electron chi connectivity index (χ2n) is 6.74. The van der Waals surface area contributed by atoms with E-state index in [0.29, 0.717) is 11.8 Å². The number of carbonyl (C=O) groups is 1. The van der Waals surface area contributed by atoms with Crippen LogP contribution in [0.4, 0.5) is 0 Å². The van der Waals surface area contributed by atoms with Gasteiger partial charge in [-0.2, -0.15) is 0 Å². The number of rotatable bonds is 3. The minimum atomic E-state index is -0.617. The van der Waals surface area contributed by atoms with Gasteiger partial charge in [0, 0.05) is 0 Å². The maximum absolute atomic E-state index is 11.0. The van der Waals surface area contributed by atoms with Crippen molar-refractivity contribution in [1.82, 2.24) is 0 Å². The largest absolute Gasteiger partial charge is 0.481 e. The number of nitrogens with two attached hydrogens (primary N) is 1. The Bertz CT molecular complexity index is 317. The maximum atomic E-state index is 11.0. The highest BCUT2D eigenvalue weighted by molar-refractivity contribution is 5.85. The Labute approximate surface area is 109 Å². The van der Waals surface area contributed by atoms with Gasteiger partial charge in [-0.1, -0.05) is 0 Å². The van der Waals surface area contributed by atoms with Crippen molar-refractivity contribution >= 4 is 18.4 Å². The van der Waals surface area contributed by atoms with Crippen LogP contribution in [0.15, 0.2) is 0 Å². The van der Waals surface area contributed by atoms with Crippen molar-refractivity contribution in [3.63, 3.8) is 0 Å². The fourth-order valence-corrected chi connectivity index (χ4v) is 5.42. The molecule has 0 aromatic carbocycles. The van der Waals surface area contributed by atoms with Crippen LogP contribution in [-0.4, -0.2) is 17.6 Å². The average Bonchev–Trinajstić information content (AvgIpc) is 2.13. The van der Waals surface area contributed by atoms with E-state index in [2.05, 4.69) is 0 Å². The highest BCUT2D eigenvalue weighted by Crippen LogP contribution is 2.65. The second kappa shape index (κ2) is 4.13. The van der Waals surface area contributed by atoms with E-state index >= 15 is 0 Å². The molecule has 0 heterocycles. The van der Waals surface area contributed by atoms with Gasteiger partial charge in [-0.3, -0.25) is 4.79 Å². The third kappa shape index (κ3) is 2.08. The number of halogens is 1. The van der Waals surface area contributed by atoms with Gasteiger partial charge in [0.15, 0.2) is 0 Å². The molecule has 0 spiro atoms. The predicted octanol–water partition coefficient (Wildman–Crippen LogP) is 2.43. The molecule has 4 aliphatic rings. The van der Waals surface area contributed by atoms with E-state index in [1.807, 2.05) is 0 Å². The number of hydrogen-bond donors (Lipinski definition) is 2. The Morgan fingerprint density at radius 1 is 1.18 bits per heavy atom. The number of carboxylic acids is 1. The molecule has 3 nitrogen and oxygen atoms in total.